The molecule has 0 unspecified atom stereocenters. The lowest BCUT2D eigenvalue weighted by Crippen LogP contribution is -2.13. The van der Waals surface area contributed by atoms with Crippen LogP contribution in [0, 0.1) is 20.8 Å². The molecule has 5 aromatic rings. The molecule has 5 nitrogen and oxygen atoms in total. The van der Waals surface area contributed by atoms with Crippen molar-refractivity contribution in [1.82, 2.24) is 9.97 Å². The minimum Gasteiger partial charge on any atom is -0.455 e. The molecule has 35 heavy (non-hydrogen) atoms. The van der Waals surface area contributed by atoms with E-state index in [0.29, 0.717) is 22.7 Å². The number of aryl methyl sites for hydroxylation is 3. The molecular formula is C28H23N3O2S2. The van der Waals surface area contributed by atoms with Crippen molar-refractivity contribution in [2.24, 2.45) is 0 Å². The summed E-state index contributed by atoms with van der Waals surface area (Å²) in [6, 6.07) is 22.8. The minimum absolute atomic E-state index is 0.212. The molecule has 5 rings (SSSR count). The number of hydrogen-bond acceptors (Lipinski definition) is 6. The first-order valence-corrected chi connectivity index (χ1v) is 12.8. The molecule has 2 aromatic heterocycles. The smallest absolute Gasteiger partial charge is 0.256 e. The molecule has 2 heterocycles. The van der Waals surface area contributed by atoms with Gasteiger partial charge in [-0.3, -0.25) is 4.79 Å². The van der Waals surface area contributed by atoms with Crippen molar-refractivity contribution >= 4 is 44.9 Å². The van der Waals surface area contributed by atoms with Crippen LogP contribution in [0.2, 0.25) is 0 Å². The van der Waals surface area contributed by atoms with Crippen LogP contribution < -0.4 is 10.1 Å². The number of amides is 1. The van der Waals surface area contributed by atoms with E-state index >= 15 is 0 Å². The lowest BCUT2D eigenvalue weighted by molar-refractivity contribution is 0.102. The van der Waals surface area contributed by atoms with E-state index in [1.165, 1.54) is 22.2 Å². The number of rotatable bonds is 6. The Morgan fingerprint density at radius 2 is 1.66 bits per heavy atom. The Labute approximate surface area is 212 Å². The summed E-state index contributed by atoms with van der Waals surface area (Å²) in [5.41, 5.74) is 3.50. The third kappa shape index (κ3) is 4.92. The van der Waals surface area contributed by atoms with Crippen LogP contribution in [0.25, 0.3) is 10.2 Å². The SMILES string of the molecule is Cc1ccc(Oc2ccccc2NC(=O)c2ccccc2Sc2ncnc3sc(C)c(C)c23)cc1. The summed E-state index contributed by atoms with van der Waals surface area (Å²) < 4.78 is 6.06. The monoisotopic (exact) mass is 497 g/mol. The van der Waals surface area contributed by atoms with Crippen molar-refractivity contribution in [3.8, 4) is 11.5 Å². The summed E-state index contributed by atoms with van der Waals surface area (Å²) in [5.74, 6) is 1.08. The van der Waals surface area contributed by atoms with Crippen LogP contribution in [0.1, 0.15) is 26.4 Å². The van der Waals surface area contributed by atoms with E-state index in [0.717, 1.165) is 25.7 Å². The fourth-order valence-corrected chi connectivity index (χ4v) is 5.80. The van der Waals surface area contributed by atoms with Gasteiger partial charge in [0.05, 0.1) is 11.3 Å². The van der Waals surface area contributed by atoms with Crippen LogP contribution in [0.15, 0.2) is 89.0 Å². The number of carbonyl (C=O) groups is 1. The third-order valence-electron chi connectivity index (χ3n) is 5.65. The molecule has 0 bridgehead atoms. The maximum Gasteiger partial charge on any atom is 0.256 e. The second kappa shape index (κ2) is 9.90. The van der Waals surface area contributed by atoms with Gasteiger partial charge < -0.3 is 10.1 Å². The van der Waals surface area contributed by atoms with E-state index in [4.69, 9.17) is 4.74 Å². The second-order valence-corrected chi connectivity index (χ2v) is 10.3. The van der Waals surface area contributed by atoms with Gasteiger partial charge in [0.15, 0.2) is 5.75 Å². The zero-order valence-corrected chi connectivity index (χ0v) is 21.2. The molecule has 0 aliphatic carbocycles. The van der Waals surface area contributed by atoms with Crippen LogP contribution in [0.5, 0.6) is 11.5 Å². The minimum atomic E-state index is -0.212. The third-order valence-corrected chi connectivity index (χ3v) is 7.85. The summed E-state index contributed by atoms with van der Waals surface area (Å²) in [7, 11) is 0. The average Bonchev–Trinajstić information content (AvgIpc) is 3.16. The maximum atomic E-state index is 13.4. The van der Waals surface area contributed by atoms with Gasteiger partial charge in [-0.2, -0.15) is 0 Å². The lowest BCUT2D eigenvalue weighted by Gasteiger charge is -2.14. The predicted octanol–water partition coefficient (Wildman–Crippen LogP) is 7.81. The number of nitrogens with one attached hydrogen (secondary N) is 1. The summed E-state index contributed by atoms with van der Waals surface area (Å²) in [4.78, 5) is 25.4. The zero-order chi connectivity index (χ0) is 24.4. The van der Waals surface area contributed by atoms with E-state index in [1.54, 1.807) is 17.7 Å². The first-order chi connectivity index (χ1) is 17.0. The highest BCUT2D eigenvalue weighted by Gasteiger charge is 2.18. The first-order valence-electron chi connectivity index (χ1n) is 11.1. The fraction of sp³-hybridized carbons (Fsp3) is 0.107. The Hall–Kier alpha value is -3.68. The van der Waals surface area contributed by atoms with Gasteiger partial charge in [-0.1, -0.05) is 53.7 Å². The number of aromatic nitrogens is 2. The summed E-state index contributed by atoms with van der Waals surface area (Å²) in [6.45, 7) is 6.21. The van der Waals surface area contributed by atoms with Crippen LogP contribution in [0.4, 0.5) is 5.69 Å². The lowest BCUT2D eigenvalue weighted by atomic mass is 10.2. The Balaban J connectivity index is 1.42. The van der Waals surface area contributed by atoms with Gasteiger partial charge in [0, 0.05) is 15.2 Å². The van der Waals surface area contributed by atoms with Crippen LogP contribution in [-0.2, 0) is 0 Å². The summed E-state index contributed by atoms with van der Waals surface area (Å²) in [6.07, 6.45) is 1.58. The van der Waals surface area contributed by atoms with Gasteiger partial charge in [0.2, 0.25) is 0 Å². The molecule has 0 fully saturated rings. The van der Waals surface area contributed by atoms with Gasteiger partial charge in [0.25, 0.3) is 5.91 Å². The Morgan fingerprint density at radius 3 is 2.49 bits per heavy atom. The van der Waals surface area contributed by atoms with Gasteiger partial charge in [-0.25, -0.2) is 9.97 Å². The molecule has 3 aromatic carbocycles. The molecule has 0 aliphatic heterocycles. The predicted molar refractivity (Wildman–Crippen MR) is 143 cm³/mol. The number of hydrogen-bond donors (Lipinski definition) is 1. The number of carbonyl (C=O) groups excluding carboxylic acids is 1. The Bertz CT molecular complexity index is 1530. The van der Waals surface area contributed by atoms with Crippen LogP contribution >= 0.6 is 23.1 Å². The van der Waals surface area contributed by atoms with Crippen molar-refractivity contribution in [1.29, 1.82) is 0 Å². The maximum absolute atomic E-state index is 13.4. The topological polar surface area (TPSA) is 64.1 Å². The van der Waals surface area contributed by atoms with Crippen molar-refractivity contribution in [3.63, 3.8) is 0 Å². The Morgan fingerprint density at radius 1 is 0.914 bits per heavy atom. The summed E-state index contributed by atoms with van der Waals surface area (Å²) in [5, 5.41) is 4.92. The van der Waals surface area contributed by atoms with Crippen molar-refractivity contribution in [2.75, 3.05) is 5.32 Å². The number of benzene rings is 3. The van der Waals surface area contributed by atoms with Crippen molar-refractivity contribution < 1.29 is 9.53 Å². The summed E-state index contributed by atoms with van der Waals surface area (Å²) >= 11 is 3.14. The van der Waals surface area contributed by atoms with Crippen molar-refractivity contribution in [3.05, 3.63) is 101 Å². The molecule has 174 valence electrons. The number of anilines is 1. The van der Waals surface area contributed by atoms with Crippen molar-refractivity contribution in [2.45, 2.75) is 30.7 Å². The number of thiophene rings is 1. The highest BCUT2D eigenvalue weighted by Crippen LogP contribution is 2.39. The van der Waals surface area contributed by atoms with E-state index in [2.05, 4.69) is 29.1 Å². The first kappa shape index (κ1) is 23.1. The molecule has 1 N–H and O–H groups in total. The van der Waals surface area contributed by atoms with Crippen LogP contribution in [-0.4, -0.2) is 15.9 Å². The molecule has 0 radical (unpaired) electrons. The Kier molecular flexibility index (Phi) is 6.53. The highest BCUT2D eigenvalue weighted by molar-refractivity contribution is 7.99. The number of nitrogens with zero attached hydrogens (tertiary/aromatic N) is 2. The number of ether oxygens (including phenoxy) is 1. The van der Waals surface area contributed by atoms with E-state index in [1.807, 2.05) is 79.7 Å². The molecular weight excluding hydrogens is 474 g/mol. The second-order valence-electron chi connectivity index (χ2n) is 8.11. The molecule has 0 spiro atoms. The molecule has 0 aliphatic rings. The van der Waals surface area contributed by atoms with E-state index in [9.17, 15) is 4.79 Å². The highest BCUT2D eigenvalue weighted by atomic mass is 32.2. The molecule has 0 saturated heterocycles. The average molecular weight is 498 g/mol. The molecule has 7 heteroatoms. The van der Waals surface area contributed by atoms with E-state index < -0.39 is 0 Å². The van der Waals surface area contributed by atoms with Gasteiger partial charge in [-0.05, 0) is 62.7 Å². The number of fused-ring (bicyclic) bond motifs is 1. The molecule has 0 saturated carbocycles. The quantitative estimate of drug-likeness (QED) is 0.242. The normalized spacial score (nSPS) is 10.9. The number of para-hydroxylation sites is 2. The molecule has 1 amide bonds. The fourth-order valence-electron chi connectivity index (χ4n) is 3.66. The van der Waals surface area contributed by atoms with Gasteiger partial charge >= 0.3 is 0 Å². The zero-order valence-electron chi connectivity index (χ0n) is 19.5. The van der Waals surface area contributed by atoms with Crippen LogP contribution in [0.3, 0.4) is 0 Å². The molecule has 0 atom stereocenters. The largest absolute Gasteiger partial charge is 0.455 e. The van der Waals surface area contributed by atoms with E-state index in [-0.39, 0.29) is 5.91 Å². The standard InChI is InChI=1S/C28H23N3O2S2/c1-17-12-14-20(15-13-17)33-23-10-6-5-9-22(23)31-26(32)21-8-4-7-11-24(21)35-28-25-18(2)19(3)34-27(25)29-16-30-28/h4-16H,1-3H3,(H,31,32). The van der Waals surface area contributed by atoms with Gasteiger partial charge in [0.1, 0.15) is 21.9 Å². The van der Waals surface area contributed by atoms with Gasteiger partial charge in [-0.15, -0.1) is 11.3 Å².